The van der Waals surface area contributed by atoms with Gasteiger partial charge in [0, 0.05) is 11.9 Å². The second-order valence-electron chi connectivity index (χ2n) is 6.42. The van der Waals surface area contributed by atoms with E-state index < -0.39 is 11.6 Å². The molecule has 0 atom stereocenters. The molecule has 2 fully saturated rings. The van der Waals surface area contributed by atoms with Gasteiger partial charge in [-0.05, 0) is 25.0 Å². The number of nitrogens with one attached hydrogen (secondary N) is 1. The molecule has 1 N–H and O–H groups in total. The number of likely N-dealkylation sites (N-methyl/N-ethyl adjacent to an activating group) is 1. The van der Waals surface area contributed by atoms with Gasteiger partial charge in [-0.1, -0.05) is 30.9 Å². The van der Waals surface area contributed by atoms with Crippen LogP contribution in [0.2, 0.25) is 4.34 Å². The fourth-order valence-electron chi connectivity index (χ4n) is 3.33. The van der Waals surface area contributed by atoms with Crippen LogP contribution in [0.1, 0.15) is 37.0 Å². The summed E-state index contributed by atoms with van der Waals surface area (Å²) in [6.45, 7) is 0.188. The summed E-state index contributed by atoms with van der Waals surface area (Å²) in [7, 11) is 1.66. The lowest BCUT2D eigenvalue weighted by Crippen LogP contribution is -2.49. The average Bonchev–Trinajstić information content (AvgIpc) is 3.05. The van der Waals surface area contributed by atoms with E-state index in [9.17, 15) is 14.4 Å². The van der Waals surface area contributed by atoms with E-state index in [0.29, 0.717) is 23.7 Å². The number of urea groups is 1. The SMILES string of the molecule is CN(Cc1ccc(Cl)s1)C(=O)CN1C(=O)NC2(CCCCC2)C1=O. The molecule has 0 unspecified atom stereocenters. The Kier molecular flexibility index (Phi) is 4.83. The van der Waals surface area contributed by atoms with Gasteiger partial charge in [-0.3, -0.25) is 14.5 Å². The minimum absolute atomic E-state index is 0.220. The van der Waals surface area contributed by atoms with E-state index in [1.807, 2.05) is 6.07 Å². The van der Waals surface area contributed by atoms with Gasteiger partial charge in [0.2, 0.25) is 5.91 Å². The highest BCUT2D eigenvalue weighted by atomic mass is 35.5. The third kappa shape index (κ3) is 3.28. The zero-order valence-electron chi connectivity index (χ0n) is 13.5. The molecule has 8 heteroatoms. The van der Waals surface area contributed by atoms with Crippen molar-refractivity contribution in [1.29, 1.82) is 0 Å². The van der Waals surface area contributed by atoms with Crippen LogP contribution in [-0.2, 0) is 16.1 Å². The van der Waals surface area contributed by atoms with E-state index in [2.05, 4.69) is 5.32 Å². The van der Waals surface area contributed by atoms with Gasteiger partial charge in [-0.15, -0.1) is 11.3 Å². The summed E-state index contributed by atoms with van der Waals surface area (Å²) < 4.78 is 0.666. The quantitative estimate of drug-likeness (QED) is 0.829. The van der Waals surface area contributed by atoms with Crippen molar-refractivity contribution >= 4 is 40.8 Å². The van der Waals surface area contributed by atoms with E-state index in [4.69, 9.17) is 11.6 Å². The molecule has 1 saturated heterocycles. The van der Waals surface area contributed by atoms with Crippen LogP contribution in [0.3, 0.4) is 0 Å². The number of rotatable bonds is 4. The molecule has 0 radical (unpaired) electrons. The average molecular weight is 370 g/mol. The van der Waals surface area contributed by atoms with Gasteiger partial charge in [-0.25, -0.2) is 4.79 Å². The highest BCUT2D eigenvalue weighted by molar-refractivity contribution is 7.16. The van der Waals surface area contributed by atoms with Crippen molar-refractivity contribution in [3.63, 3.8) is 0 Å². The summed E-state index contributed by atoms with van der Waals surface area (Å²) in [4.78, 5) is 40.8. The number of imide groups is 1. The zero-order chi connectivity index (χ0) is 17.3. The molecule has 1 aliphatic heterocycles. The molecule has 1 aromatic heterocycles. The molecular weight excluding hydrogens is 350 g/mol. The second-order valence-corrected chi connectivity index (χ2v) is 8.22. The van der Waals surface area contributed by atoms with E-state index in [-0.39, 0.29) is 18.4 Å². The highest BCUT2D eigenvalue weighted by Gasteiger charge is 2.51. The molecule has 4 amide bonds. The first-order chi connectivity index (χ1) is 11.4. The first-order valence-electron chi connectivity index (χ1n) is 8.03. The van der Waals surface area contributed by atoms with Crippen molar-refractivity contribution in [2.45, 2.75) is 44.2 Å². The number of carbonyl (C=O) groups is 3. The Morgan fingerprint density at radius 1 is 1.33 bits per heavy atom. The largest absolute Gasteiger partial charge is 0.339 e. The number of carbonyl (C=O) groups excluding carboxylic acids is 3. The molecule has 0 bridgehead atoms. The van der Waals surface area contributed by atoms with Gasteiger partial charge in [0.25, 0.3) is 5.91 Å². The van der Waals surface area contributed by atoms with E-state index in [1.165, 1.54) is 16.2 Å². The molecule has 0 aromatic carbocycles. The monoisotopic (exact) mass is 369 g/mol. The minimum atomic E-state index is -0.782. The van der Waals surface area contributed by atoms with Crippen LogP contribution in [0.4, 0.5) is 4.79 Å². The van der Waals surface area contributed by atoms with Gasteiger partial charge < -0.3 is 10.2 Å². The number of thiophene rings is 1. The van der Waals surface area contributed by atoms with Crippen LogP contribution >= 0.6 is 22.9 Å². The summed E-state index contributed by atoms with van der Waals surface area (Å²) >= 11 is 7.30. The molecule has 3 rings (SSSR count). The predicted molar refractivity (Wildman–Crippen MR) is 91.9 cm³/mol. The van der Waals surface area contributed by atoms with Crippen LogP contribution < -0.4 is 5.32 Å². The molecule has 6 nitrogen and oxygen atoms in total. The number of nitrogens with zero attached hydrogens (tertiary/aromatic N) is 2. The maximum absolute atomic E-state index is 12.7. The van der Waals surface area contributed by atoms with Crippen molar-refractivity contribution in [2.24, 2.45) is 0 Å². The Balaban J connectivity index is 1.63. The molecule has 24 heavy (non-hydrogen) atoms. The third-order valence-electron chi connectivity index (χ3n) is 4.69. The maximum atomic E-state index is 12.7. The standard InChI is InChI=1S/C16H20ClN3O3S/c1-19(9-11-5-6-12(17)24-11)13(21)10-20-14(22)16(18-15(20)23)7-3-2-4-8-16/h5-6H,2-4,7-10H2,1H3,(H,18,23). The fourth-order valence-corrected chi connectivity index (χ4v) is 4.47. The summed E-state index contributed by atoms with van der Waals surface area (Å²) in [5.74, 6) is -0.524. The van der Waals surface area contributed by atoms with E-state index >= 15 is 0 Å². The Bertz CT molecular complexity index is 669. The topological polar surface area (TPSA) is 69.7 Å². The first kappa shape index (κ1) is 17.2. The van der Waals surface area contributed by atoms with Crippen LogP contribution in [0, 0.1) is 0 Å². The van der Waals surface area contributed by atoms with Crippen molar-refractivity contribution in [3.8, 4) is 0 Å². The number of hydrogen-bond donors (Lipinski definition) is 1. The van der Waals surface area contributed by atoms with Crippen LogP contribution in [0.25, 0.3) is 0 Å². The number of halogens is 1. The maximum Gasteiger partial charge on any atom is 0.325 e. The summed E-state index contributed by atoms with van der Waals surface area (Å²) in [5.41, 5.74) is -0.782. The molecule has 1 aliphatic carbocycles. The fraction of sp³-hybridized carbons (Fsp3) is 0.562. The van der Waals surface area contributed by atoms with Crippen LogP contribution in [-0.4, -0.2) is 46.8 Å². The van der Waals surface area contributed by atoms with Crippen LogP contribution in [0.15, 0.2) is 12.1 Å². The number of amides is 4. The van der Waals surface area contributed by atoms with Crippen LogP contribution in [0.5, 0.6) is 0 Å². The predicted octanol–water partition coefficient (Wildman–Crippen LogP) is 2.61. The van der Waals surface area contributed by atoms with Gasteiger partial charge in [0.05, 0.1) is 10.9 Å². The molecule has 1 spiro atoms. The van der Waals surface area contributed by atoms with Crippen molar-refractivity contribution < 1.29 is 14.4 Å². The van der Waals surface area contributed by atoms with Gasteiger partial charge in [-0.2, -0.15) is 0 Å². The molecule has 130 valence electrons. The zero-order valence-corrected chi connectivity index (χ0v) is 15.1. The van der Waals surface area contributed by atoms with Gasteiger partial charge in [0.15, 0.2) is 0 Å². The molecule has 2 heterocycles. The lowest BCUT2D eigenvalue weighted by atomic mass is 9.82. The van der Waals surface area contributed by atoms with Crippen molar-refractivity contribution in [3.05, 3.63) is 21.3 Å². The summed E-state index contributed by atoms with van der Waals surface area (Å²) in [6.07, 6.45) is 4.24. The van der Waals surface area contributed by atoms with Gasteiger partial charge in [0.1, 0.15) is 12.1 Å². The molecule has 1 aromatic rings. The normalized spacial score (nSPS) is 19.7. The molecule has 2 aliphatic rings. The Morgan fingerprint density at radius 2 is 2.04 bits per heavy atom. The molecular formula is C16H20ClN3O3S. The second kappa shape index (κ2) is 6.72. The lowest BCUT2D eigenvalue weighted by Gasteiger charge is -2.30. The highest BCUT2D eigenvalue weighted by Crippen LogP contribution is 2.33. The lowest BCUT2D eigenvalue weighted by molar-refractivity contribution is -0.139. The first-order valence-corrected chi connectivity index (χ1v) is 9.23. The number of hydrogen-bond acceptors (Lipinski definition) is 4. The molecule has 1 saturated carbocycles. The summed E-state index contributed by atoms with van der Waals surface area (Å²) in [5, 5.41) is 2.82. The van der Waals surface area contributed by atoms with Gasteiger partial charge >= 0.3 is 6.03 Å². The smallest absolute Gasteiger partial charge is 0.325 e. The summed E-state index contributed by atoms with van der Waals surface area (Å²) in [6, 6.07) is 3.19. The van der Waals surface area contributed by atoms with E-state index in [1.54, 1.807) is 13.1 Å². The van der Waals surface area contributed by atoms with E-state index in [0.717, 1.165) is 29.0 Å². The van der Waals surface area contributed by atoms with Crippen molar-refractivity contribution in [2.75, 3.05) is 13.6 Å². The third-order valence-corrected chi connectivity index (χ3v) is 5.91. The van der Waals surface area contributed by atoms with Crippen molar-refractivity contribution in [1.82, 2.24) is 15.1 Å². The Labute approximate surface area is 149 Å². The Morgan fingerprint density at radius 3 is 2.67 bits per heavy atom. The minimum Gasteiger partial charge on any atom is -0.339 e. The Hall–Kier alpha value is -1.60.